The molecule has 0 aliphatic carbocycles. The monoisotopic (exact) mass is 422 g/mol. The first-order chi connectivity index (χ1) is 13.9. The Hall–Kier alpha value is -3.14. The van der Waals surface area contributed by atoms with Gasteiger partial charge in [-0.15, -0.1) is 0 Å². The van der Waals surface area contributed by atoms with Crippen molar-refractivity contribution in [1.82, 2.24) is 16.0 Å². The molecule has 0 saturated carbocycles. The van der Waals surface area contributed by atoms with Gasteiger partial charge in [0.2, 0.25) is 17.7 Å². The Morgan fingerprint density at radius 2 is 1.40 bits per heavy atom. The fraction of sp³-hybridized carbons (Fsp3) is 0.500. The molecule has 0 heterocycles. The first-order valence-corrected chi connectivity index (χ1v) is 9.59. The highest BCUT2D eigenvalue weighted by molar-refractivity contribution is 5.94. The second-order valence-corrected chi connectivity index (χ2v) is 7.50. The van der Waals surface area contributed by atoms with Crippen molar-refractivity contribution in [3.05, 3.63) is 29.8 Å². The molecule has 3 amide bonds. The molecule has 0 aliphatic heterocycles. The molecule has 1 aromatic carbocycles. The summed E-state index contributed by atoms with van der Waals surface area (Å²) in [6.45, 7) is 6.25. The predicted molar refractivity (Wildman–Crippen MR) is 109 cm³/mol. The number of nitrogens with two attached hydrogens (primary N) is 1. The lowest BCUT2D eigenvalue weighted by molar-refractivity contribution is -0.141. The summed E-state index contributed by atoms with van der Waals surface area (Å²) in [5.41, 5.74) is 6.53. The molecule has 4 atom stereocenters. The molecule has 0 spiro atoms. The smallest absolute Gasteiger partial charge is 0.325 e. The topological polar surface area (TPSA) is 171 Å². The van der Waals surface area contributed by atoms with Crippen molar-refractivity contribution in [3.63, 3.8) is 0 Å². The molecule has 4 unspecified atom stereocenters. The van der Waals surface area contributed by atoms with Crippen LogP contribution in [0.2, 0.25) is 0 Å². The Morgan fingerprint density at radius 1 is 0.867 bits per heavy atom. The van der Waals surface area contributed by atoms with Gasteiger partial charge in [-0.05, 0) is 37.5 Å². The van der Waals surface area contributed by atoms with Crippen molar-refractivity contribution in [3.8, 4) is 5.75 Å². The molecule has 0 fully saturated rings. The van der Waals surface area contributed by atoms with E-state index in [2.05, 4.69) is 16.0 Å². The number of carboxylic acids is 1. The summed E-state index contributed by atoms with van der Waals surface area (Å²) < 4.78 is 0. The summed E-state index contributed by atoms with van der Waals surface area (Å²) in [7, 11) is 0. The Labute approximate surface area is 175 Å². The number of aliphatic carboxylic acids is 1. The molecule has 166 valence electrons. The molecular weight excluding hydrogens is 392 g/mol. The number of phenols is 1. The van der Waals surface area contributed by atoms with Gasteiger partial charge in [-0.1, -0.05) is 26.0 Å². The maximum Gasteiger partial charge on any atom is 0.325 e. The number of nitrogens with one attached hydrogen (secondary N) is 3. The van der Waals surface area contributed by atoms with Gasteiger partial charge < -0.3 is 31.9 Å². The van der Waals surface area contributed by atoms with Gasteiger partial charge in [-0.3, -0.25) is 19.2 Å². The van der Waals surface area contributed by atoms with Crippen LogP contribution in [0.1, 0.15) is 33.3 Å². The molecule has 10 heteroatoms. The van der Waals surface area contributed by atoms with Crippen LogP contribution in [0.3, 0.4) is 0 Å². The number of aromatic hydroxyl groups is 1. The summed E-state index contributed by atoms with van der Waals surface area (Å²) in [5, 5.41) is 25.6. The molecule has 1 rings (SSSR count). The molecule has 7 N–H and O–H groups in total. The number of benzene rings is 1. The Kier molecular flexibility index (Phi) is 9.25. The van der Waals surface area contributed by atoms with Crippen molar-refractivity contribution < 1.29 is 29.4 Å². The molecule has 0 radical (unpaired) electrons. The van der Waals surface area contributed by atoms with Crippen LogP contribution in [0.25, 0.3) is 0 Å². The average Bonchev–Trinajstić information content (AvgIpc) is 2.67. The number of rotatable bonds is 10. The van der Waals surface area contributed by atoms with Gasteiger partial charge in [0.1, 0.15) is 23.9 Å². The second kappa shape index (κ2) is 11.1. The number of amides is 3. The van der Waals surface area contributed by atoms with E-state index in [4.69, 9.17) is 10.8 Å². The fourth-order valence-corrected chi connectivity index (χ4v) is 2.43. The lowest BCUT2D eigenvalue weighted by Crippen LogP contribution is -2.57. The molecule has 0 bridgehead atoms. The molecule has 1 aromatic rings. The largest absolute Gasteiger partial charge is 0.508 e. The normalized spacial score (nSPS) is 14.9. The Bertz CT molecular complexity index is 765. The van der Waals surface area contributed by atoms with Crippen LogP contribution in [0.15, 0.2) is 24.3 Å². The molecule has 0 aromatic heterocycles. The van der Waals surface area contributed by atoms with Crippen LogP contribution in [0.4, 0.5) is 0 Å². The number of hydrogen-bond acceptors (Lipinski definition) is 6. The van der Waals surface area contributed by atoms with Crippen molar-refractivity contribution in [2.24, 2.45) is 11.7 Å². The van der Waals surface area contributed by atoms with Gasteiger partial charge in [0, 0.05) is 6.42 Å². The first kappa shape index (κ1) is 24.9. The Morgan fingerprint density at radius 3 is 1.90 bits per heavy atom. The van der Waals surface area contributed by atoms with E-state index in [9.17, 15) is 24.3 Å². The lowest BCUT2D eigenvalue weighted by Gasteiger charge is -2.24. The summed E-state index contributed by atoms with van der Waals surface area (Å²) in [5.74, 6) is -3.11. The third kappa shape index (κ3) is 7.70. The molecule has 30 heavy (non-hydrogen) atoms. The third-order valence-electron chi connectivity index (χ3n) is 4.51. The van der Waals surface area contributed by atoms with Crippen molar-refractivity contribution in [2.45, 2.75) is 58.3 Å². The zero-order valence-corrected chi connectivity index (χ0v) is 17.5. The van der Waals surface area contributed by atoms with Gasteiger partial charge in [-0.2, -0.15) is 0 Å². The lowest BCUT2D eigenvalue weighted by atomic mass is 10.0. The van der Waals surface area contributed by atoms with Crippen molar-refractivity contribution in [2.75, 3.05) is 0 Å². The summed E-state index contributed by atoms with van der Waals surface area (Å²) in [6, 6.07) is 2.12. The van der Waals surface area contributed by atoms with Gasteiger partial charge in [0.25, 0.3) is 0 Å². The van der Waals surface area contributed by atoms with Crippen molar-refractivity contribution in [1.29, 1.82) is 0 Å². The number of carbonyl (C=O) groups excluding carboxylic acids is 3. The number of carboxylic acid groups (broad SMARTS) is 1. The van der Waals surface area contributed by atoms with Gasteiger partial charge >= 0.3 is 5.97 Å². The van der Waals surface area contributed by atoms with E-state index in [-0.39, 0.29) is 18.1 Å². The second-order valence-electron chi connectivity index (χ2n) is 7.50. The highest BCUT2D eigenvalue weighted by Gasteiger charge is 2.28. The maximum absolute atomic E-state index is 12.8. The standard InChI is InChI=1S/C20H30N4O6/c1-10(2)16(21)19(28)24-15(9-13-5-7-14(25)8-6-13)18(27)22-11(3)17(26)23-12(4)20(29)30/h5-8,10-12,15-16,25H,9,21H2,1-4H3,(H,22,27)(H,23,26)(H,24,28)(H,29,30). The van der Waals surface area contributed by atoms with E-state index < -0.39 is 47.9 Å². The average molecular weight is 422 g/mol. The minimum absolute atomic E-state index is 0.0588. The number of carbonyl (C=O) groups is 4. The van der Waals surface area contributed by atoms with E-state index in [1.54, 1.807) is 26.0 Å². The SMILES string of the molecule is CC(NC(=O)C(C)NC(=O)C(Cc1ccc(O)cc1)NC(=O)C(N)C(C)C)C(=O)O. The van der Waals surface area contributed by atoms with Crippen LogP contribution >= 0.6 is 0 Å². The van der Waals surface area contributed by atoms with Gasteiger partial charge in [-0.25, -0.2) is 0 Å². The number of hydrogen-bond donors (Lipinski definition) is 6. The van der Waals surface area contributed by atoms with Crippen LogP contribution in [0, 0.1) is 5.92 Å². The van der Waals surface area contributed by atoms with Crippen LogP contribution in [-0.2, 0) is 25.6 Å². The van der Waals surface area contributed by atoms with E-state index in [0.29, 0.717) is 5.56 Å². The van der Waals surface area contributed by atoms with E-state index in [1.165, 1.54) is 26.0 Å². The first-order valence-electron chi connectivity index (χ1n) is 9.59. The van der Waals surface area contributed by atoms with Gasteiger partial charge in [0.05, 0.1) is 6.04 Å². The molecule has 0 saturated heterocycles. The summed E-state index contributed by atoms with van der Waals surface area (Å²) >= 11 is 0. The molecule has 0 aliphatic rings. The predicted octanol–water partition coefficient (Wildman–Crippen LogP) is -0.503. The van der Waals surface area contributed by atoms with Crippen molar-refractivity contribution >= 4 is 23.7 Å². The van der Waals surface area contributed by atoms with Crippen LogP contribution in [-0.4, -0.2) is 58.1 Å². The maximum atomic E-state index is 12.8. The van der Waals surface area contributed by atoms with E-state index >= 15 is 0 Å². The highest BCUT2D eigenvalue weighted by Crippen LogP contribution is 2.12. The van der Waals surface area contributed by atoms with Gasteiger partial charge in [0.15, 0.2) is 0 Å². The highest BCUT2D eigenvalue weighted by atomic mass is 16.4. The third-order valence-corrected chi connectivity index (χ3v) is 4.51. The zero-order valence-electron chi connectivity index (χ0n) is 17.5. The van der Waals surface area contributed by atoms with E-state index in [0.717, 1.165) is 0 Å². The van der Waals surface area contributed by atoms with Crippen LogP contribution in [0.5, 0.6) is 5.75 Å². The zero-order chi connectivity index (χ0) is 23.0. The fourth-order valence-electron chi connectivity index (χ4n) is 2.43. The number of phenolic OH excluding ortho intramolecular Hbond substituents is 1. The summed E-state index contributed by atoms with van der Waals surface area (Å²) in [6.07, 6.45) is 0.0997. The Balaban J connectivity index is 2.91. The molecular formula is C20H30N4O6. The minimum atomic E-state index is -1.21. The van der Waals surface area contributed by atoms with E-state index in [1.807, 2.05) is 0 Å². The van der Waals surface area contributed by atoms with Crippen LogP contribution < -0.4 is 21.7 Å². The quantitative estimate of drug-likeness (QED) is 0.295. The minimum Gasteiger partial charge on any atom is -0.508 e. The molecule has 10 nitrogen and oxygen atoms in total. The summed E-state index contributed by atoms with van der Waals surface area (Å²) in [4.78, 5) is 48.1.